The minimum atomic E-state index is -4.43. The molecule has 1 heterocycles. The molecule has 0 fully saturated rings. The SMILES string of the molecule is Cc1cc(S(=O)(=O)N2c3ccc(C)c(C)c3C(C)C2/C(N)=N/NN)c(F)cc1F. The molecule has 5 N–H and O–H groups in total. The molecule has 2 atom stereocenters. The molecule has 2 aromatic carbocycles. The van der Waals surface area contributed by atoms with Gasteiger partial charge in [-0.15, -0.1) is 5.10 Å². The molecule has 10 heteroatoms. The van der Waals surface area contributed by atoms with Crippen molar-refractivity contribution in [1.29, 1.82) is 0 Å². The van der Waals surface area contributed by atoms with Crippen molar-refractivity contribution < 1.29 is 17.2 Å². The van der Waals surface area contributed by atoms with Gasteiger partial charge >= 0.3 is 0 Å². The molecule has 7 nitrogen and oxygen atoms in total. The summed E-state index contributed by atoms with van der Waals surface area (Å²) < 4.78 is 56.4. The number of hydrogen-bond acceptors (Lipinski definition) is 5. The van der Waals surface area contributed by atoms with E-state index >= 15 is 0 Å². The van der Waals surface area contributed by atoms with Gasteiger partial charge in [-0.2, -0.15) is 0 Å². The second-order valence-corrected chi connectivity index (χ2v) is 8.96. The summed E-state index contributed by atoms with van der Waals surface area (Å²) in [6.45, 7) is 6.98. The Labute approximate surface area is 168 Å². The summed E-state index contributed by atoms with van der Waals surface area (Å²) in [5.41, 5.74) is 11.2. The van der Waals surface area contributed by atoms with E-state index < -0.39 is 32.6 Å². The number of halogens is 2. The Balaban J connectivity index is 2.31. The lowest BCUT2D eigenvalue weighted by atomic mass is 9.91. The third-order valence-electron chi connectivity index (χ3n) is 5.43. The second-order valence-electron chi connectivity index (χ2n) is 7.17. The number of aryl methyl sites for hydroxylation is 2. The summed E-state index contributed by atoms with van der Waals surface area (Å²) in [6, 6.07) is 4.05. The van der Waals surface area contributed by atoms with Gasteiger partial charge in [0.05, 0.1) is 5.69 Å². The molecule has 3 rings (SSSR count). The van der Waals surface area contributed by atoms with Gasteiger partial charge in [0.15, 0.2) is 0 Å². The van der Waals surface area contributed by atoms with Crippen molar-refractivity contribution in [1.82, 2.24) is 5.53 Å². The highest BCUT2D eigenvalue weighted by atomic mass is 32.2. The van der Waals surface area contributed by atoms with Gasteiger partial charge in [0.1, 0.15) is 28.4 Å². The quantitative estimate of drug-likeness (QED) is 0.302. The zero-order valence-electron chi connectivity index (χ0n) is 16.5. The number of fused-ring (bicyclic) bond motifs is 1. The number of nitrogens with two attached hydrogens (primary N) is 2. The Kier molecular flexibility index (Phi) is 5.26. The first kappa shape index (κ1) is 21.0. The molecule has 2 unspecified atom stereocenters. The van der Waals surface area contributed by atoms with Crippen molar-refractivity contribution in [2.24, 2.45) is 16.7 Å². The Morgan fingerprint density at radius 3 is 2.41 bits per heavy atom. The van der Waals surface area contributed by atoms with Gasteiger partial charge < -0.3 is 5.73 Å². The van der Waals surface area contributed by atoms with Gasteiger partial charge in [-0.05, 0) is 55.2 Å². The van der Waals surface area contributed by atoms with Crippen LogP contribution in [0.1, 0.15) is 35.1 Å². The number of rotatable bonds is 4. The summed E-state index contributed by atoms with van der Waals surface area (Å²) in [7, 11) is -4.43. The van der Waals surface area contributed by atoms with Gasteiger partial charge in [-0.25, -0.2) is 28.6 Å². The average molecular weight is 423 g/mol. The van der Waals surface area contributed by atoms with Gasteiger partial charge in [-0.1, -0.05) is 13.0 Å². The summed E-state index contributed by atoms with van der Waals surface area (Å²) in [6.07, 6.45) is 0. The van der Waals surface area contributed by atoms with Crippen LogP contribution in [0.25, 0.3) is 0 Å². The van der Waals surface area contributed by atoms with E-state index in [1.54, 1.807) is 12.1 Å². The van der Waals surface area contributed by atoms with E-state index in [0.29, 0.717) is 11.8 Å². The zero-order chi connectivity index (χ0) is 21.7. The number of hydrazine groups is 1. The van der Waals surface area contributed by atoms with Gasteiger partial charge in [-0.3, -0.25) is 4.31 Å². The van der Waals surface area contributed by atoms with Gasteiger partial charge in [0.2, 0.25) is 0 Å². The molecule has 0 spiro atoms. The number of amidine groups is 1. The second kappa shape index (κ2) is 7.27. The number of anilines is 1. The summed E-state index contributed by atoms with van der Waals surface area (Å²) >= 11 is 0. The Hall–Kier alpha value is -2.72. The van der Waals surface area contributed by atoms with Crippen LogP contribution < -0.4 is 21.4 Å². The topological polar surface area (TPSA) is 114 Å². The van der Waals surface area contributed by atoms with E-state index in [2.05, 4.69) is 10.6 Å². The highest BCUT2D eigenvalue weighted by Crippen LogP contribution is 2.46. The van der Waals surface area contributed by atoms with Crippen molar-refractivity contribution in [2.75, 3.05) is 4.31 Å². The first-order chi connectivity index (χ1) is 13.5. The number of hydrogen-bond donors (Lipinski definition) is 3. The van der Waals surface area contributed by atoms with Gasteiger partial charge in [0.25, 0.3) is 10.0 Å². The normalized spacial score (nSPS) is 19.4. The van der Waals surface area contributed by atoms with E-state index in [0.717, 1.165) is 27.1 Å². The highest BCUT2D eigenvalue weighted by Gasteiger charge is 2.46. The molecule has 0 aromatic heterocycles. The number of sulfonamides is 1. The van der Waals surface area contributed by atoms with Crippen molar-refractivity contribution in [3.8, 4) is 0 Å². The van der Waals surface area contributed by atoms with Crippen LogP contribution in [-0.4, -0.2) is 20.3 Å². The standard InChI is InChI=1S/C19H23F2N5O2S/c1-9-5-6-15-17(11(9)3)12(4)18(19(22)24-25-23)26(15)29(27,28)16-7-10(2)13(20)8-14(16)21/h5-8,12,18,25H,23H2,1-4H3,(H2,22,24). The largest absolute Gasteiger partial charge is 0.384 e. The van der Waals surface area contributed by atoms with Crippen LogP contribution >= 0.6 is 0 Å². The first-order valence-corrected chi connectivity index (χ1v) is 10.3. The molecule has 156 valence electrons. The van der Waals surface area contributed by atoms with Crippen LogP contribution in [0.3, 0.4) is 0 Å². The van der Waals surface area contributed by atoms with E-state index in [9.17, 15) is 17.2 Å². The number of nitrogens with zero attached hydrogens (tertiary/aromatic N) is 2. The predicted molar refractivity (Wildman–Crippen MR) is 108 cm³/mol. The molecule has 1 aliphatic heterocycles. The van der Waals surface area contributed by atoms with E-state index in [4.69, 9.17) is 11.6 Å². The summed E-state index contributed by atoms with van der Waals surface area (Å²) in [4.78, 5) is -0.631. The number of benzene rings is 2. The fraction of sp³-hybridized carbons (Fsp3) is 0.316. The molecule has 0 saturated heterocycles. The minimum absolute atomic E-state index is 0.0133. The Morgan fingerprint density at radius 1 is 1.14 bits per heavy atom. The van der Waals surface area contributed by atoms with Crippen LogP contribution in [-0.2, 0) is 10.0 Å². The third kappa shape index (κ3) is 3.22. The predicted octanol–water partition coefficient (Wildman–Crippen LogP) is 2.31. The molecule has 0 saturated carbocycles. The highest BCUT2D eigenvalue weighted by molar-refractivity contribution is 7.93. The number of hydrazone groups is 1. The lowest BCUT2D eigenvalue weighted by Crippen LogP contribution is -2.48. The van der Waals surface area contributed by atoms with E-state index in [-0.39, 0.29) is 17.3 Å². The molecule has 1 aliphatic rings. The first-order valence-electron chi connectivity index (χ1n) is 8.91. The van der Waals surface area contributed by atoms with Crippen LogP contribution in [0.2, 0.25) is 0 Å². The summed E-state index contributed by atoms with van der Waals surface area (Å²) in [5.74, 6) is 2.79. The maximum Gasteiger partial charge on any atom is 0.267 e. The monoisotopic (exact) mass is 423 g/mol. The minimum Gasteiger partial charge on any atom is -0.384 e. The fourth-order valence-electron chi connectivity index (χ4n) is 3.83. The van der Waals surface area contributed by atoms with E-state index in [1.807, 2.05) is 20.8 Å². The van der Waals surface area contributed by atoms with Crippen LogP contribution in [0, 0.1) is 32.4 Å². The van der Waals surface area contributed by atoms with Crippen molar-refractivity contribution in [3.63, 3.8) is 0 Å². The molecular weight excluding hydrogens is 400 g/mol. The van der Waals surface area contributed by atoms with Crippen molar-refractivity contribution in [2.45, 2.75) is 44.6 Å². The molecule has 0 bridgehead atoms. The Bertz CT molecular complexity index is 1120. The lowest BCUT2D eigenvalue weighted by Gasteiger charge is -2.28. The van der Waals surface area contributed by atoms with Crippen LogP contribution in [0.15, 0.2) is 34.3 Å². The lowest BCUT2D eigenvalue weighted by molar-refractivity contribution is 0.541. The van der Waals surface area contributed by atoms with E-state index in [1.165, 1.54) is 6.92 Å². The molecule has 0 amide bonds. The van der Waals surface area contributed by atoms with Crippen molar-refractivity contribution in [3.05, 3.63) is 58.2 Å². The Morgan fingerprint density at radius 2 is 1.79 bits per heavy atom. The summed E-state index contributed by atoms with van der Waals surface area (Å²) in [5, 5.41) is 3.77. The average Bonchev–Trinajstić information content (AvgIpc) is 2.95. The molecule has 0 aliphatic carbocycles. The van der Waals surface area contributed by atoms with Crippen LogP contribution in [0.4, 0.5) is 14.5 Å². The molecule has 0 radical (unpaired) electrons. The van der Waals surface area contributed by atoms with Gasteiger partial charge in [0, 0.05) is 12.0 Å². The fourth-order valence-corrected chi connectivity index (χ4v) is 5.68. The molecule has 2 aromatic rings. The third-order valence-corrected chi connectivity index (χ3v) is 7.24. The smallest absolute Gasteiger partial charge is 0.267 e. The number of nitrogens with one attached hydrogen (secondary N) is 1. The molecule has 29 heavy (non-hydrogen) atoms. The molecular formula is C19H23F2N5O2S. The van der Waals surface area contributed by atoms with Crippen LogP contribution in [0.5, 0.6) is 0 Å². The maximum atomic E-state index is 14.5. The zero-order valence-corrected chi connectivity index (χ0v) is 17.3. The maximum absolute atomic E-state index is 14.5. The van der Waals surface area contributed by atoms with Crippen molar-refractivity contribution >= 4 is 21.5 Å².